The van der Waals surface area contributed by atoms with Crippen LogP contribution in [0.25, 0.3) is 0 Å². The van der Waals surface area contributed by atoms with Gasteiger partial charge in [0.2, 0.25) is 0 Å². The first-order chi connectivity index (χ1) is 10.3. The lowest BCUT2D eigenvalue weighted by Crippen LogP contribution is -2.40. The zero-order valence-corrected chi connectivity index (χ0v) is 13.1. The molecule has 0 saturated carbocycles. The summed E-state index contributed by atoms with van der Waals surface area (Å²) in [7, 11) is 1.87. The molecule has 0 aliphatic carbocycles. The van der Waals surface area contributed by atoms with Crippen LogP contribution >= 0.6 is 11.3 Å². The first-order valence-corrected chi connectivity index (χ1v) is 7.87. The second-order valence-corrected chi connectivity index (χ2v) is 5.97. The lowest BCUT2D eigenvalue weighted by molar-refractivity contribution is -0.0159. The minimum atomic E-state index is 0.0784. The maximum absolute atomic E-state index is 5.64. The van der Waals surface area contributed by atoms with Crippen LogP contribution in [0.5, 0.6) is 0 Å². The van der Waals surface area contributed by atoms with Crippen molar-refractivity contribution in [1.29, 1.82) is 0 Å². The lowest BCUT2D eigenvalue weighted by atomic mass is 10.2. The van der Waals surface area contributed by atoms with Crippen LogP contribution in [0.2, 0.25) is 0 Å². The topological polar surface area (TPSA) is 63.2 Å². The molecule has 1 aliphatic rings. The number of morpholine rings is 1. The molecule has 0 radical (unpaired) electrons. The zero-order chi connectivity index (χ0) is 14.7. The van der Waals surface area contributed by atoms with E-state index in [0.717, 1.165) is 42.0 Å². The number of anilines is 1. The van der Waals surface area contributed by atoms with Gasteiger partial charge < -0.3 is 10.1 Å². The summed E-state index contributed by atoms with van der Waals surface area (Å²) >= 11 is 1.68. The number of hydrogen-bond acceptors (Lipinski definition) is 7. The number of thiazole rings is 1. The van der Waals surface area contributed by atoms with E-state index in [9.17, 15) is 0 Å². The Morgan fingerprint density at radius 1 is 1.48 bits per heavy atom. The molecule has 0 bridgehead atoms. The summed E-state index contributed by atoms with van der Waals surface area (Å²) in [6, 6.07) is 2.02. The molecule has 6 nitrogen and oxygen atoms in total. The van der Waals surface area contributed by atoms with E-state index in [4.69, 9.17) is 4.74 Å². The van der Waals surface area contributed by atoms with Gasteiger partial charge in [-0.3, -0.25) is 4.90 Å². The highest BCUT2D eigenvalue weighted by Crippen LogP contribution is 2.25. The van der Waals surface area contributed by atoms with E-state index in [0.29, 0.717) is 6.61 Å². The molecule has 112 valence electrons. The largest absolute Gasteiger partial charge is 0.378 e. The Morgan fingerprint density at radius 2 is 2.38 bits per heavy atom. The maximum Gasteiger partial charge on any atom is 0.150 e. The van der Waals surface area contributed by atoms with Gasteiger partial charge in [0.1, 0.15) is 16.6 Å². The molecular weight excluding hydrogens is 286 g/mol. The van der Waals surface area contributed by atoms with Crippen molar-refractivity contribution < 1.29 is 4.74 Å². The summed E-state index contributed by atoms with van der Waals surface area (Å²) in [4.78, 5) is 15.9. The predicted octanol–water partition coefficient (Wildman–Crippen LogP) is 1.86. The van der Waals surface area contributed by atoms with Crippen molar-refractivity contribution in [1.82, 2.24) is 19.9 Å². The third-order valence-electron chi connectivity index (χ3n) is 3.49. The molecule has 1 atom stereocenters. The molecule has 1 aliphatic heterocycles. The van der Waals surface area contributed by atoms with Crippen molar-refractivity contribution >= 4 is 17.2 Å². The van der Waals surface area contributed by atoms with Gasteiger partial charge in [-0.05, 0) is 6.92 Å². The predicted molar refractivity (Wildman–Crippen MR) is 82.4 cm³/mol. The molecule has 1 fully saturated rings. The Kier molecular flexibility index (Phi) is 4.42. The first-order valence-electron chi connectivity index (χ1n) is 7.00. The highest BCUT2D eigenvalue weighted by molar-refractivity contribution is 7.09. The molecule has 3 rings (SSSR count). The molecule has 0 amide bonds. The van der Waals surface area contributed by atoms with Crippen LogP contribution in [-0.2, 0) is 11.3 Å². The van der Waals surface area contributed by atoms with Gasteiger partial charge in [0.15, 0.2) is 0 Å². The average molecular weight is 305 g/mol. The summed E-state index contributed by atoms with van der Waals surface area (Å²) in [5.74, 6) is 1.66. The van der Waals surface area contributed by atoms with Gasteiger partial charge in [-0.1, -0.05) is 0 Å². The zero-order valence-electron chi connectivity index (χ0n) is 12.2. The Hall–Kier alpha value is -1.57. The van der Waals surface area contributed by atoms with Gasteiger partial charge in [-0.25, -0.2) is 15.0 Å². The second kappa shape index (κ2) is 6.46. The SMILES string of the molecule is CNc1cc(C)nc([C@@H]2COCCN2Cc2nccs2)n1. The van der Waals surface area contributed by atoms with Gasteiger partial charge in [-0.15, -0.1) is 11.3 Å². The van der Waals surface area contributed by atoms with Crippen molar-refractivity contribution in [2.75, 3.05) is 32.1 Å². The average Bonchev–Trinajstić information content (AvgIpc) is 3.00. The summed E-state index contributed by atoms with van der Waals surface area (Å²) in [6.07, 6.45) is 1.84. The molecular formula is C14H19N5OS. The minimum absolute atomic E-state index is 0.0784. The fourth-order valence-corrected chi connectivity index (χ4v) is 3.08. The number of aryl methyl sites for hydroxylation is 1. The van der Waals surface area contributed by atoms with Crippen LogP contribution in [-0.4, -0.2) is 46.7 Å². The molecule has 3 heterocycles. The van der Waals surface area contributed by atoms with Gasteiger partial charge in [-0.2, -0.15) is 0 Å². The molecule has 1 N–H and O–H groups in total. The van der Waals surface area contributed by atoms with Crippen LogP contribution in [0.15, 0.2) is 17.6 Å². The molecule has 1 saturated heterocycles. The van der Waals surface area contributed by atoms with Gasteiger partial charge in [0, 0.05) is 36.9 Å². The molecule has 2 aromatic heterocycles. The van der Waals surface area contributed by atoms with E-state index in [1.54, 1.807) is 11.3 Å². The summed E-state index contributed by atoms with van der Waals surface area (Å²) in [6.45, 7) is 5.04. The van der Waals surface area contributed by atoms with E-state index in [-0.39, 0.29) is 6.04 Å². The quantitative estimate of drug-likeness (QED) is 0.930. The van der Waals surface area contributed by atoms with Crippen molar-refractivity contribution in [3.63, 3.8) is 0 Å². The number of hydrogen-bond donors (Lipinski definition) is 1. The molecule has 0 unspecified atom stereocenters. The standard InChI is InChI=1S/C14H19N5OS/c1-10-7-12(15-2)18-14(17-10)11-9-20-5-4-19(11)8-13-16-3-6-21-13/h3,6-7,11H,4-5,8-9H2,1-2H3,(H,15,17,18)/t11-/m0/s1. The van der Waals surface area contributed by atoms with E-state index >= 15 is 0 Å². The Balaban J connectivity index is 1.85. The summed E-state index contributed by atoms with van der Waals surface area (Å²) in [5, 5.41) is 6.21. The highest BCUT2D eigenvalue weighted by Gasteiger charge is 2.28. The van der Waals surface area contributed by atoms with Crippen LogP contribution in [0, 0.1) is 6.92 Å². The maximum atomic E-state index is 5.64. The molecule has 2 aromatic rings. The third kappa shape index (κ3) is 3.37. The Morgan fingerprint density at radius 3 is 3.14 bits per heavy atom. The fraction of sp³-hybridized carbons (Fsp3) is 0.500. The van der Waals surface area contributed by atoms with E-state index < -0.39 is 0 Å². The minimum Gasteiger partial charge on any atom is -0.378 e. The van der Waals surface area contributed by atoms with E-state index in [2.05, 4.69) is 25.2 Å². The fourth-order valence-electron chi connectivity index (χ4n) is 2.44. The monoisotopic (exact) mass is 305 g/mol. The van der Waals surface area contributed by atoms with E-state index in [1.807, 2.05) is 31.6 Å². The second-order valence-electron chi connectivity index (χ2n) is 4.99. The van der Waals surface area contributed by atoms with Crippen molar-refractivity contribution in [2.45, 2.75) is 19.5 Å². The summed E-state index contributed by atoms with van der Waals surface area (Å²) < 4.78 is 5.64. The third-order valence-corrected chi connectivity index (χ3v) is 4.25. The van der Waals surface area contributed by atoms with Gasteiger partial charge in [0.05, 0.1) is 25.8 Å². The highest BCUT2D eigenvalue weighted by atomic mass is 32.1. The van der Waals surface area contributed by atoms with E-state index in [1.165, 1.54) is 0 Å². The number of nitrogens with zero attached hydrogens (tertiary/aromatic N) is 4. The molecule has 21 heavy (non-hydrogen) atoms. The summed E-state index contributed by atoms with van der Waals surface area (Å²) in [5.41, 5.74) is 0.962. The van der Waals surface area contributed by atoms with Gasteiger partial charge in [0.25, 0.3) is 0 Å². The Labute approximate surface area is 128 Å². The Bertz CT molecular complexity index is 589. The smallest absolute Gasteiger partial charge is 0.150 e. The normalized spacial score (nSPS) is 19.6. The van der Waals surface area contributed by atoms with Crippen molar-refractivity contribution in [3.8, 4) is 0 Å². The first kappa shape index (κ1) is 14.4. The van der Waals surface area contributed by atoms with Crippen LogP contribution in [0.4, 0.5) is 5.82 Å². The lowest BCUT2D eigenvalue weighted by Gasteiger charge is -2.34. The molecule has 0 spiro atoms. The van der Waals surface area contributed by atoms with Crippen molar-refractivity contribution in [2.24, 2.45) is 0 Å². The van der Waals surface area contributed by atoms with Crippen LogP contribution in [0.3, 0.4) is 0 Å². The molecule has 0 aromatic carbocycles. The van der Waals surface area contributed by atoms with Crippen LogP contribution < -0.4 is 5.32 Å². The van der Waals surface area contributed by atoms with Gasteiger partial charge >= 0.3 is 0 Å². The number of rotatable bonds is 4. The molecule has 7 heteroatoms. The number of nitrogens with one attached hydrogen (secondary N) is 1. The number of aromatic nitrogens is 3. The van der Waals surface area contributed by atoms with Crippen LogP contribution in [0.1, 0.15) is 22.6 Å². The number of ether oxygens (including phenoxy) is 1. The van der Waals surface area contributed by atoms with Crippen molar-refractivity contribution in [3.05, 3.63) is 34.2 Å².